The smallest absolute Gasteiger partial charge is 0.344 e. The van der Waals surface area contributed by atoms with Crippen LogP contribution < -0.4 is 21.3 Å². The molecular formula is C44H64Cl2F3N7O7. The van der Waals surface area contributed by atoms with E-state index in [-0.39, 0.29) is 75.7 Å². The highest BCUT2D eigenvalue weighted by molar-refractivity contribution is 6.33. The third-order valence-corrected chi connectivity index (χ3v) is 13.3. The van der Waals surface area contributed by atoms with Gasteiger partial charge in [-0.2, -0.15) is 13.2 Å². The predicted molar refractivity (Wildman–Crippen MR) is 232 cm³/mol. The minimum absolute atomic E-state index is 0.0735. The molecule has 0 spiro atoms. The van der Waals surface area contributed by atoms with Crippen LogP contribution in [0, 0.1) is 17.3 Å². The second-order valence-corrected chi connectivity index (χ2v) is 18.8. The topological polar surface area (TPSA) is 177 Å². The first-order chi connectivity index (χ1) is 29.5. The van der Waals surface area contributed by atoms with Crippen LogP contribution in [-0.4, -0.2) is 126 Å². The maximum absolute atomic E-state index is 14.5. The van der Waals surface area contributed by atoms with Crippen molar-refractivity contribution in [3.8, 4) is 0 Å². The highest BCUT2D eigenvalue weighted by Crippen LogP contribution is 2.49. The number of rotatable bonds is 12. The zero-order chi connectivity index (χ0) is 47.0. The average Bonchev–Trinajstić information content (AvgIpc) is 4.08. The third-order valence-electron chi connectivity index (χ3n) is 12.7. The number of hydrogen-bond acceptors (Lipinski definition) is 7. The number of amides is 7. The minimum Gasteiger partial charge on any atom is -0.344 e. The molecule has 7 amide bonds. The molecule has 6 atom stereocenters. The van der Waals surface area contributed by atoms with Crippen LogP contribution >= 0.6 is 23.2 Å². The molecule has 1 aliphatic heterocycles. The molecular weight excluding hydrogens is 866 g/mol. The lowest BCUT2D eigenvalue weighted by Gasteiger charge is -2.38. The second kappa shape index (κ2) is 22.2. The molecule has 0 unspecified atom stereocenters. The van der Waals surface area contributed by atoms with E-state index in [2.05, 4.69) is 21.3 Å². The number of nitrogens with zero attached hydrogens (tertiary/aromatic N) is 3. The van der Waals surface area contributed by atoms with Crippen molar-refractivity contribution in [1.29, 1.82) is 0 Å². The SMILES string of the molecule is CC[C@H]1NC(=O)[C@H](Cc2cc(Cl)ccc2Cl)N(C)C(=O)[C@H](CC(C)C)NC(=O)[C@@H](N(C)C(=O)[C@@H](NC(=O)[C@H](C)NC(=O)C2(C(F)(F)F)CCCCC2)C2CC2)CCCCN(C)C1=O. The van der Waals surface area contributed by atoms with E-state index in [0.717, 1.165) is 0 Å². The van der Waals surface area contributed by atoms with Crippen molar-refractivity contribution in [2.75, 3.05) is 27.7 Å². The van der Waals surface area contributed by atoms with Gasteiger partial charge in [-0.05, 0) is 100 Å². The Morgan fingerprint density at radius 2 is 1.52 bits per heavy atom. The molecule has 1 aromatic carbocycles. The van der Waals surface area contributed by atoms with Crippen LogP contribution in [0.15, 0.2) is 18.2 Å². The van der Waals surface area contributed by atoms with Gasteiger partial charge in [-0.1, -0.05) is 63.2 Å². The molecule has 0 radical (unpaired) electrons. The van der Waals surface area contributed by atoms with Crippen molar-refractivity contribution in [1.82, 2.24) is 36.0 Å². The normalized spacial score (nSPS) is 24.3. The summed E-state index contributed by atoms with van der Waals surface area (Å²) in [7, 11) is 4.44. The van der Waals surface area contributed by atoms with E-state index in [0.29, 0.717) is 47.7 Å². The van der Waals surface area contributed by atoms with Gasteiger partial charge in [-0.15, -0.1) is 0 Å². The first kappa shape index (κ1) is 51.5. The molecule has 4 rings (SSSR count). The maximum atomic E-state index is 14.5. The molecule has 14 nitrogen and oxygen atoms in total. The summed E-state index contributed by atoms with van der Waals surface area (Å²) in [5, 5.41) is 11.3. The highest BCUT2D eigenvalue weighted by Gasteiger charge is 2.60. The van der Waals surface area contributed by atoms with E-state index in [1.807, 2.05) is 13.8 Å². The van der Waals surface area contributed by atoms with Gasteiger partial charge in [0.15, 0.2) is 0 Å². The molecule has 2 aliphatic carbocycles. The lowest BCUT2D eigenvalue weighted by molar-refractivity contribution is -0.230. The lowest BCUT2D eigenvalue weighted by atomic mass is 9.72. The van der Waals surface area contributed by atoms with Gasteiger partial charge < -0.3 is 36.0 Å². The molecule has 63 heavy (non-hydrogen) atoms. The number of carbonyl (C=O) groups excluding carboxylic acids is 7. The Bertz CT molecular complexity index is 1840. The number of halogens is 5. The van der Waals surface area contributed by atoms with Gasteiger partial charge in [-0.3, -0.25) is 33.6 Å². The van der Waals surface area contributed by atoms with Crippen LogP contribution in [0.2, 0.25) is 10.0 Å². The molecule has 0 bridgehead atoms. The quantitative estimate of drug-likeness (QED) is 0.224. The van der Waals surface area contributed by atoms with Gasteiger partial charge in [0.05, 0.1) is 0 Å². The van der Waals surface area contributed by atoms with Gasteiger partial charge in [0, 0.05) is 44.2 Å². The molecule has 3 fully saturated rings. The summed E-state index contributed by atoms with van der Waals surface area (Å²) >= 11 is 12.8. The minimum atomic E-state index is -4.81. The summed E-state index contributed by atoms with van der Waals surface area (Å²) in [5.41, 5.74) is -2.13. The Morgan fingerprint density at radius 1 is 0.889 bits per heavy atom. The molecule has 19 heteroatoms. The fourth-order valence-corrected chi connectivity index (χ4v) is 8.89. The molecule has 4 N–H and O–H groups in total. The van der Waals surface area contributed by atoms with Gasteiger partial charge in [0.2, 0.25) is 41.4 Å². The molecule has 1 aromatic rings. The molecule has 2 saturated carbocycles. The monoisotopic (exact) mass is 929 g/mol. The van der Waals surface area contributed by atoms with E-state index in [1.165, 1.54) is 35.7 Å². The Labute approximate surface area is 378 Å². The number of carbonyl (C=O) groups is 7. The standard InChI is InChI=1S/C44H64Cl2F3N7O7/c1-8-31-39(60)54(5)21-13-10-14-33(37(58)52-32(22-25(2)3)40(61)56(7)34(38(59)51-31)24-28-23-29(45)17-18-30(28)46)55(6)41(62)35(27-15-16-27)53-36(57)26(4)50-42(63)43(44(47,48)49)19-11-9-12-20-43/h17-18,23,25-27,31-35H,8-16,19-22,24H2,1-7H3,(H,50,63)(H,51,59)(H,52,58)(H,53,57)/t26-,31+,32-,33-,34-,35-/m0/s1. The Kier molecular flexibility index (Phi) is 18.1. The van der Waals surface area contributed by atoms with Crippen LogP contribution in [0.3, 0.4) is 0 Å². The Balaban J connectivity index is 1.63. The van der Waals surface area contributed by atoms with Crippen LogP contribution in [-0.2, 0) is 40.0 Å². The zero-order valence-electron chi connectivity index (χ0n) is 37.3. The summed E-state index contributed by atoms with van der Waals surface area (Å²) in [5.74, 6) is -5.44. The molecule has 0 aromatic heterocycles. The molecule has 352 valence electrons. The van der Waals surface area contributed by atoms with Gasteiger partial charge in [0.25, 0.3) is 0 Å². The van der Waals surface area contributed by atoms with E-state index < -0.39 is 83.3 Å². The van der Waals surface area contributed by atoms with E-state index in [1.54, 1.807) is 32.2 Å². The van der Waals surface area contributed by atoms with E-state index >= 15 is 0 Å². The van der Waals surface area contributed by atoms with Gasteiger partial charge in [0.1, 0.15) is 41.7 Å². The first-order valence-electron chi connectivity index (χ1n) is 22.0. The summed E-state index contributed by atoms with van der Waals surface area (Å²) < 4.78 is 42.8. The third kappa shape index (κ3) is 13.0. The number of benzene rings is 1. The zero-order valence-corrected chi connectivity index (χ0v) is 38.9. The molecule has 1 heterocycles. The van der Waals surface area contributed by atoms with Crippen molar-refractivity contribution >= 4 is 64.6 Å². The predicted octanol–water partition coefficient (Wildman–Crippen LogP) is 5.17. The summed E-state index contributed by atoms with van der Waals surface area (Å²) in [6, 6.07) is -2.25. The average molecular weight is 931 g/mol. The summed E-state index contributed by atoms with van der Waals surface area (Å²) in [6.07, 6.45) is -2.22. The van der Waals surface area contributed by atoms with Crippen molar-refractivity contribution < 1.29 is 46.7 Å². The molecule has 3 aliphatic rings. The van der Waals surface area contributed by atoms with E-state index in [4.69, 9.17) is 23.2 Å². The fraction of sp³-hybridized carbons (Fsp3) is 0.705. The van der Waals surface area contributed by atoms with Crippen molar-refractivity contribution in [3.63, 3.8) is 0 Å². The van der Waals surface area contributed by atoms with Crippen molar-refractivity contribution in [3.05, 3.63) is 33.8 Å². The number of likely N-dealkylation sites (N-methyl/N-ethyl adjacent to an activating group) is 3. The van der Waals surface area contributed by atoms with E-state index in [9.17, 15) is 46.7 Å². The van der Waals surface area contributed by atoms with Gasteiger partial charge in [-0.25, -0.2) is 0 Å². The first-order valence-corrected chi connectivity index (χ1v) is 22.8. The Morgan fingerprint density at radius 3 is 2.11 bits per heavy atom. The number of nitrogens with one attached hydrogen (secondary N) is 4. The largest absolute Gasteiger partial charge is 0.403 e. The van der Waals surface area contributed by atoms with Gasteiger partial charge >= 0.3 is 6.18 Å². The fourth-order valence-electron chi connectivity index (χ4n) is 8.50. The molecule has 1 saturated heterocycles. The van der Waals surface area contributed by atoms with Crippen molar-refractivity contribution in [2.45, 2.75) is 154 Å². The summed E-state index contributed by atoms with van der Waals surface area (Å²) in [4.78, 5) is 102. The van der Waals surface area contributed by atoms with Crippen LogP contribution in [0.25, 0.3) is 0 Å². The van der Waals surface area contributed by atoms with Crippen LogP contribution in [0.5, 0.6) is 0 Å². The lowest BCUT2D eigenvalue weighted by Crippen LogP contribution is -2.61. The maximum Gasteiger partial charge on any atom is 0.403 e. The number of alkyl halides is 3. The van der Waals surface area contributed by atoms with Crippen molar-refractivity contribution in [2.24, 2.45) is 17.3 Å². The van der Waals surface area contributed by atoms with Crippen LogP contribution in [0.1, 0.15) is 110 Å². The Hall–Kier alpha value is -4.12. The highest BCUT2D eigenvalue weighted by atomic mass is 35.5. The second-order valence-electron chi connectivity index (χ2n) is 17.9. The summed E-state index contributed by atoms with van der Waals surface area (Å²) in [6.45, 7) is 7.00. The number of hydrogen-bond donors (Lipinski definition) is 4. The van der Waals surface area contributed by atoms with Crippen LogP contribution in [0.4, 0.5) is 13.2 Å².